The molecular formula is C17H17ClO3. The number of carbonyl (C=O) groups excluding carboxylic acids is 1. The SMILES string of the molecule is COC1=CC(Cl)(OC)CC=C1C=CC(=O)c1ccccc1. The van der Waals surface area contributed by atoms with Crippen molar-refractivity contribution in [1.82, 2.24) is 0 Å². The van der Waals surface area contributed by atoms with Crippen molar-refractivity contribution in [3.05, 3.63) is 71.5 Å². The first kappa shape index (κ1) is 15.5. The first-order valence-corrected chi connectivity index (χ1v) is 6.95. The number of ether oxygens (including phenoxy) is 2. The number of hydrogen-bond acceptors (Lipinski definition) is 3. The van der Waals surface area contributed by atoms with Crippen LogP contribution in [0.5, 0.6) is 0 Å². The van der Waals surface area contributed by atoms with Gasteiger partial charge in [0.25, 0.3) is 0 Å². The second-order valence-corrected chi connectivity index (χ2v) is 5.27. The summed E-state index contributed by atoms with van der Waals surface area (Å²) in [5.41, 5.74) is 1.46. The molecule has 0 aromatic heterocycles. The zero-order valence-corrected chi connectivity index (χ0v) is 12.8. The average molecular weight is 305 g/mol. The van der Waals surface area contributed by atoms with E-state index in [0.717, 1.165) is 5.57 Å². The molecule has 2 rings (SSSR count). The van der Waals surface area contributed by atoms with Crippen molar-refractivity contribution < 1.29 is 14.3 Å². The third-order valence-electron chi connectivity index (χ3n) is 3.26. The molecule has 0 saturated carbocycles. The quantitative estimate of drug-likeness (QED) is 0.470. The molecule has 1 aromatic rings. The van der Waals surface area contributed by atoms with Crippen LogP contribution < -0.4 is 0 Å². The van der Waals surface area contributed by atoms with Crippen molar-refractivity contribution in [1.29, 1.82) is 0 Å². The Morgan fingerprint density at radius 3 is 2.62 bits per heavy atom. The number of rotatable bonds is 5. The lowest BCUT2D eigenvalue weighted by Crippen LogP contribution is -2.24. The second-order valence-electron chi connectivity index (χ2n) is 4.63. The maximum atomic E-state index is 12.0. The molecule has 4 heteroatoms. The fourth-order valence-electron chi connectivity index (χ4n) is 2.02. The van der Waals surface area contributed by atoms with Gasteiger partial charge in [-0.25, -0.2) is 0 Å². The molecule has 1 unspecified atom stereocenters. The zero-order valence-electron chi connectivity index (χ0n) is 12.0. The van der Waals surface area contributed by atoms with Gasteiger partial charge < -0.3 is 9.47 Å². The third-order valence-corrected chi connectivity index (χ3v) is 3.68. The van der Waals surface area contributed by atoms with Gasteiger partial charge in [0.2, 0.25) is 0 Å². The molecule has 0 fully saturated rings. The molecule has 110 valence electrons. The summed E-state index contributed by atoms with van der Waals surface area (Å²) in [5, 5.41) is -0.883. The number of methoxy groups -OCH3 is 2. The highest BCUT2D eigenvalue weighted by Crippen LogP contribution is 2.33. The molecule has 0 bridgehead atoms. The molecule has 1 aromatic carbocycles. The summed E-state index contributed by atoms with van der Waals surface area (Å²) >= 11 is 6.24. The van der Waals surface area contributed by atoms with E-state index in [1.807, 2.05) is 24.3 Å². The van der Waals surface area contributed by atoms with Gasteiger partial charge in [0, 0.05) is 30.7 Å². The van der Waals surface area contributed by atoms with Gasteiger partial charge in [-0.05, 0) is 12.2 Å². The molecule has 1 atom stereocenters. The largest absolute Gasteiger partial charge is 0.496 e. The Morgan fingerprint density at radius 2 is 2.00 bits per heavy atom. The average Bonchev–Trinajstić information content (AvgIpc) is 2.54. The van der Waals surface area contributed by atoms with Crippen molar-refractivity contribution in [3.8, 4) is 0 Å². The Balaban J connectivity index is 2.15. The van der Waals surface area contributed by atoms with Crippen LogP contribution in [-0.4, -0.2) is 25.1 Å². The molecular weight excluding hydrogens is 288 g/mol. The normalized spacial score (nSPS) is 21.9. The standard InChI is InChI=1S/C17H17ClO3/c1-20-16-12-17(18,21-2)11-10-14(16)8-9-15(19)13-6-4-3-5-7-13/h3-10,12H,11H2,1-2H3. The van der Waals surface area contributed by atoms with E-state index in [9.17, 15) is 4.79 Å². The van der Waals surface area contributed by atoms with Crippen LogP contribution in [0, 0.1) is 0 Å². The summed E-state index contributed by atoms with van der Waals surface area (Å²) in [6.07, 6.45) is 7.38. The molecule has 21 heavy (non-hydrogen) atoms. The van der Waals surface area contributed by atoms with Gasteiger partial charge in [0.05, 0.1) is 7.11 Å². The molecule has 0 amide bonds. The van der Waals surface area contributed by atoms with Crippen molar-refractivity contribution in [2.24, 2.45) is 0 Å². The first-order valence-electron chi connectivity index (χ1n) is 6.57. The van der Waals surface area contributed by atoms with E-state index >= 15 is 0 Å². The number of ketones is 1. The Bertz CT molecular complexity index is 602. The van der Waals surface area contributed by atoms with Crippen LogP contribution in [0.25, 0.3) is 0 Å². The predicted octanol–water partition coefficient (Wildman–Crippen LogP) is 3.87. The van der Waals surface area contributed by atoms with Crippen LogP contribution in [0.3, 0.4) is 0 Å². The van der Waals surface area contributed by atoms with Crippen LogP contribution in [-0.2, 0) is 9.47 Å². The van der Waals surface area contributed by atoms with Crippen LogP contribution >= 0.6 is 11.6 Å². The lowest BCUT2D eigenvalue weighted by Gasteiger charge is -2.25. The van der Waals surface area contributed by atoms with Crippen molar-refractivity contribution in [3.63, 3.8) is 0 Å². The summed E-state index contributed by atoms with van der Waals surface area (Å²) in [4.78, 5) is 12.0. The fourth-order valence-corrected chi connectivity index (χ4v) is 2.20. The first-order chi connectivity index (χ1) is 10.1. The van der Waals surface area contributed by atoms with Crippen molar-refractivity contribution in [2.45, 2.75) is 11.5 Å². The Kier molecular flexibility index (Phi) is 4.99. The van der Waals surface area contributed by atoms with Gasteiger partial charge in [-0.3, -0.25) is 4.79 Å². The highest BCUT2D eigenvalue weighted by molar-refractivity contribution is 6.24. The summed E-state index contributed by atoms with van der Waals surface area (Å²) in [6.45, 7) is 0. The van der Waals surface area contributed by atoms with E-state index in [4.69, 9.17) is 21.1 Å². The van der Waals surface area contributed by atoms with Crippen LogP contribution in [0.2, 0.25) is 0 Å². The minimum Gasteiger partial charge on any atom is -0.496 e. The topological polar surface area (TPSA) is 35.5 Å². The molecule has 0 radical (unpaired) electrons. The minimum absolute atomic E-state index is 0.0543. The molecule has 1 aliphatic carbocycles. The van der Waals surface area contributed by atoms with Gasteiger partial charge in [0.15, 0.2) is 10.8 Å². The molecule has 0 saturated heterocycles. The lowest BCUT2D eigenvalue weighted by molar-refractivity contribution is 0.100. The van der Waals surface area contributed by atoms with Gasteiger partial charge in [0.1, 0.15) is 5.76 Å². The van der Waals surface area contributed by atoms with Crippen molar-refractivity contribution >= 4 is 17.4 Å². The number of halogens is 1. The highest BCUT2D eigenvalue weighted by Gasteiger charge is 2.28. The van der Waals surface area contributed by atoms with E-state index in [-0.39, 0.29) is 5.78 Å². The molecule has 0 N–H and O–H groups in total. The van der Waals surface area contributed by atoms with Gasteiger partial charge >= 0.3 is 0 Å². The van der Waals surface area contributed by atoms with E-state index in [2.05, 4.69) is 0 Å². The maximum absolute atomic E-state index is 12.0. The monoisotopic (exact) mass is 304 g/mol. The van der Waals surface area contributed by atoms with Crippen LogP contribution in [0.15, 0.2) is 66.0 Å². The van der Waals surface area contributed by atoms with Gasteiger partial charge in [-0.15, -0.1) is 0 Å². The second kappa shape index (κ2) is 6.74. The Morgan fingerprint density at radius 1 is 1.29 bits per heavy atom. The maximum Gasteiger partial charge on any atom is 0.185 e. The van der Waals surface area contributed by atoms with E-state index in [1.165, 1.54) is 6.08 Å². The third kappa shape index (κ3) is 3.84. The zero-order chi connectivity index (χ0) is 15.3. The summed E-state index contributed by atoms with van der Waals surface area (Å²) in [7, 11) is 3.11. The summed E-state index contributed by atoms with van der Waals surface area (Å²) in [6, 6.07) is 9.11. The highest BCUT2D eigenvalue weighted by atomic mass is 35.5. The minimum atomic E-state index is -0.883. The number of carbonyl (C=O) groups is 1. The molecule has 1 aliphatic rings. The number of alkyl halides is 1. The van der Waals surface area contributed by atoms with E-state index in [0.29, 0.717) is 17.7 Å². The molecule has 3 nitrogen and oxygen atoms in total. The molecule has 0 heterocycles. The van der Waals surface area contributed by atoms with Crippen LogP contribution in [0.1, 0.15) is 16.8 Å². The lowest BCUT2D eigenvalue weighted by atomic mass is 10.0. The van der Waals surface area contributed by atoms with E-state index in [1.54, 1.807) is 38.5 Å². The van der Waals surface area contributed by atoms with E-state index < -0.39 is 5.06 Å². The number of benzene rings is 1. The molecule has 0 spiro atoms. The van der Waals surface area contributed by atoms with Crippen molar-refractivity contribution in [2.75, 3.05) is 14.2 Å². The number of allylic oxidation sites excluding steroid dienone is 2. The van der Waals surface area contributed by atoms with Crippen LogP contribution in [0.4, 0.5) is 0 Å². The fraction of sp³-hybridized carbons (Fsp3) is 0.235. The summed E-state index contributed by atoms with van der Waals surface area (Å²) in [5.74, 6) is 0.539. The molecule has 0 aliphatic heterocycles. The van der Waals surface area contributed by atoms with Gasteiger partial charge in [-0.2, -0.15) is 0 Å². The van der Waals surface area contributed by atoms with Gasteiger partial charge in [-0.1, -0.05) is 48.0 Å². The Labute approximate surface area is 129 Å². The smallest absolute Gasteiger partial charge is 0.185 e. The Hall–Kier alpha value is -1.84. The number of hydrogen-bond donors (Lipinski definition) is 0. The predicted molar refractivity (Wildman–Crippen MR) is 83.3 cm³/mol. The summed E-state index contributed by atoms with van der Waals surface area (Å²) < 4.78 is 10.5.